The minimum Gasteiger partial charge on any atom is -0.379 e. The maximum Gasteiger partial charge on any atom is 0.237 e. The van der Waals surface area contributed by atoms with Crippen molar-refractivity contribution in [1.29, 1.82) is 0 Å². The van der Waals surface area contributed by atoms with Crippen molar-refractivity contribution in [1.82, 2.24) is 15.5 Å². The lowest BCUT2D eigenvalue weighted by atomic mass is 10.0. The van der Waals surface area contributed by atoms with Crippen molar-refractivity contribution in [3.63, 3.8) is 0 Å². The molecule has 0 radical (unpaired) electrons. The largest absolute Gasteiger partial charge is 0.379 e. The van der Waals surface area contributed by atoms with Crippen LogP contribution in [0.5, 0.6) is 0 Å². The van der Waals surface area contributed by atoms with E-state index in [1.165, 1.54) is 0 Å². The van der Waals surface area contributed by atoms with E-state index in [-0.39, 0.29) is 24.0 Å². The van der Waals surface area contributed by atoms with Crippen molar-refractivity contribution in [3.05, 3.63) is 35.9 Å². The first-order valence-corrected chi connectivity index (χ1v) is 9.51. The smallest absolute Gasteiger partial charge is 0.237 e. The van der Waals surface area contributed by atoms with Crippen LogP contribution in [0, 0.1) is 0 Å². The molecule has 1 aliphatic heterocycles. The van der Waals surface area contributed by atoms with Crippen LogP contribution in [0.25, 0.3) is 0 Å². The lowest BCUT2D eigenvalue weighted by Gasteiger charge is -2.32. The maximum absolute atomic E-state index is 12.9. The topological polar surface area (TPSA) is 53.6 Å². The Balaban J connectivity index is 2.06. The maximum atomic E-state index is 12.9. The predicted molar refractivity (Wildman–Crippen MR) is 102 cm³/mol. The first kappa shape index (κ1) is 19.9. The number of nitrogens with one attached hydrogen (secondary N) is 2. The summed E-state index contributed by atoms with van der Waals surface area (Å²) in [5, 5.41) is 6.68. The Kier molecular flexibility index (Phi) is 8.38. The van der Waals surface area contributed by atoms with E-state index in [9.17, 15) is 4.79 Å². The number of hydrogen-bond donors (Lipinski definition) is 2. The number of rotatable bonds is 9. The molecule has 0 unspecified atom stereocenters. The van der Waals surface area contributed by atoms with Gasteiger partial charge in [-0.15, -0.1) is 0 Å². The second-order valence-corrected chi connectivity index (χ2v) is 7.05. The molecule has 140 valence electrons. The molecule has 2 atom stereocenters. The molecule has 1 aromatic rings. The Bertz CT molecular complexity index is 501. The molecule has 1 fully saturated rings. The van der Waals surface area contributed by atoms with Gasteiger partial charge in [-0.1, -0.05) is 57.5 Å². The summed E-state index contributed by atoms with van der Waals surface area (Å²) >= 11 is 0. The Morgan fingerprint density at radius 2 is 1.88 bits per heavy atom. The SMILES string of the molecule is CCC[C@H](NC(C)C)C(=O)N[C@@H](CN1CCOCC1)c1ccccc1. The molecule has 1 aliphatic rings. The van der Waals surface area contributed by atoms with Crippen LogP contribution in [0.15, 0.2) is 30.3 Å². The highest BCUT2D eigenvalue weighted by molar-refractivity contribution is 5.82. The van der Waals surface area contributed by atoms with Crippen LogP contribution in [-0.2, 0) is 9.53 Å². The summed E-state index contributed by atoms with van der Waals surface area (Å²) in [5.41, 5.74) is 1.15. The van der Waals surface area contributed by atoms with Crippen molar-refractivity contribution in [2.45, 2.75) is 51.7 Å². The highest BCUT2D eigenvalue weighted by Crippen LogP contribution is 2.16. The summed E-state index contributed by atoms with van der Waals surface area (Å²) in [5.74, 6) is 0.0951. The van der Waals surface area contributed by atoms with Crippen molar-refractivity contribution in [3.8, 4) is 0 Å². The number of carbonyl (C=O) groups is 1. The molecule has 2 rings (SSSR count). The van der Waals surface area contributed by atoms with Gasteiger partial charge in [0, 0.05) is 25.7 Å². The molecular formula is C20H33N3O2. The van der Waals surface area contributed by atoms with Crippen molar-refractivity contribution >= 4 is 5.91 Å². The van der Waals surface area contributed by atoms with E-state index in [1.54, 1.807) is 0 Å². The van der Waals surface area contributed by atoms with Crippen molar-refractivity contribution in [2.24, 2.45) is 0 Å². The molecule has 1 saturated heterocycles. The molecule has 2 N–H and O–H groups in total. The normalized spacial score (nSPS) is 18.1. The van der Waals surface area contributed by atoms with E-state index in [1.807, 2.05) is 18.2 Å². The van der Waals surface area contributed by atoms with E-state index in [0.717, 1.165) is 51.3 Å². The molecule has 25 heavy (non-hydrogen) atoms. The first-order valence-electron chi connectivity index (χ1n) is 9.51. The summed E-state index contributed by atoms with van der Waals surface area (Å²) in [6, 6.07) is 10.4. The van der Waals surface area contributed by atoms with Gasteiger partial charge in [-0.3, -0.25) is 9.69 Å². The van der Waals surface area contributed by atoms with Crippen molar-refractivity contribution < 1.29 is 9.53 Å². The van der Waals surface area contributed by atoms with E-state index in [2.05, 4.69) is 48.4 Å². The molecule has 0 aliphatic carbocycles. The summed E-state index contributed by atoms with van der Waals surface area (Å²) in [7, 11) is 0. The number of hydrogen-bond acceptors (Lipinski definition) is 4. The molecule has 0 bridgehead atoms. The van der Waals surface area contributed by atoms with Gasteiger partial charge < -0.3 is 15.4 Å². The van der Waals surface area contributed by atoms with Gasteiger partial charge in [0.25, 0.3) is 0 Å². The number of morpholine rings is 1. The highest BCUT2D eigenvalue weighted by atomic mass is 16.5. The molecule has 0 saturated carbocycles. The van der Waals surface area contributed by atoms with Crippen LogP contribution in [0.3, 0.4) is 0 Å². The van der Waals surface area contributed by atoms with Crippen LogP contribution in [0.1, 0.15) is 45.2 Å². The first-order chi connectivity index (χ1) is 12.1. The molecule has 5 heteroatoms. The Hall–Kier alpha value is -1.43. The number of carbonyl (C=O) groups excluding carboxylic acids is 1. The highest BCUT2D eigenvalue weighted by Gasteiger charge is 2.24. The van der Waals surface area contributed by atoms with Gasteiger partial charge in [-0.25, -0.2) is 0 Å². The molecule has 1 aromatic carbocycles. The number of ether oxygens (including phenoxy) is 1. The van der Waals surface area contributed by atoms with Gasteiger partial charge in [-0.2, -0.15) is 0 Å². The zero-order chi connectivity index (χ0) is 18.1. The lowest BCUT2D eigenvalue weighted by molar-refractivity contribution is -0.124. The quantitative estimate of drug-likeness (QED) is 0.720. The Labute approximate surface area is 152 Å². The lowest BCUT2D eigenvalue weighted by Crippen LogP contribution is -2.50. The summed E-state index contributed by atoms with van der Waals surface area (Å²) in [4.78, 5) is 15.2. The van der Waals surface area contributed by atoms with Gasteiger partial charge in [0.1, 0.15) is 0 Å². The Morgan fingerprint density at radius 3 is 2.48 bits per heavy atom. The summed E-state index contributed by atoms with van der Waals surface area (Å²) < 4.78 is 5.44. The minimum atomic E-state index is -0.138. The molecule has 0 aromatic heterocycles. The summed E-state index contributed by atoms with van der Waals surface area (Å²) in [6.45, 7) is 10.5. The average Bonchev–Trinajstić information content (AvgIpc) is 2.62. The fourth-order valence-electron chi connectivity index (χ4n) is 3.22. The van der Waals surface area contributed by atoms with Gasteiger partial charge in [0.15, 0.2) is 0 Å². The van der Waals surface area contributed by atoms with Crippen LogP contribution < -0.4 is 10.6 Å². The van der Waals surface area contributed by atoms with Crippen LogP contribution in [0.2, 0.25) is 0 Å². The zero-order valence-corrected chi connectivity index (χ0v) is 15.8. The third-order valence-corrected chi connectivity index (χ3v) is 4.49. The Morgan fingerprint density at radius 1 is 1.20 bits per heavy atom. The second-order valence-electron chi connectivity index (χ2n) is 7.05. The van der Waals surface area contributed by atoms with Gasteiger partial charge >= 0.3 is 0 Å². The molecule has 0 spiro atoms. The van der Waals surface area contributed by atoms with E-state index in [0.29, 0.717) is 0 Å². The third kappa shape index (κ3) is 6.77. The van der Waals surface area contributed by atoms with Gasteiger partial charge in [-0.05, 0) is 12.0 Å². The fourth-order valence-corrected chi connectivity index (χ4v) is 3.22. The number of amides is 1. The average molecular weight is 348 g/mol. The third-order valence-electron chi connectivity index (χ3n) is 4.49. The van der Waals surface area contributed by atoms with Crippen molar-refractivity contribution in [2.75, 3.05) is 32.8 Å². The van der Waals surface area contributed by atoms with Gasteiger partial charge in [0.05, 0.1) is 25.3 Å². The fraction of sp³-hybridized carbons (Fsp3) is 0.650. The minimum absolute atomic E-state index is 0.000110. The predicted octanol–water partition coefficient (Wildman–Crippen LogP) is 2.34. The van der Waals surface area contributed by atoms with E-state index >= 15 is 0 Å². The number of nitrogens with zero attached hydrogens (tertiary/aromatic N) is 1. The van der Waals surface area contributed by atoms with E-state index in [4.69, 9.17) is 4.74 Å². The second kappa shape index (κ2) is 10.5. The molecule has 1 heterocycles. The molecule has 1 amide bonds. The van der Waals surface area contributed by atoms with E-state index < -0.39 is 0 Å². The van der Waals surface area contributed by atoms with Crippen LogP contribution >= 0.6 is 0 Å². The van der Waals surface area contributed by atoms with Crippen LogP contribution in [0.4, 0.5) is 0 Å². The standard InChI is InChI=1S/C20H33N3O2/c1-4-8-18(21-16(2)3)20(24)22-19(17-9-6-5-7-10-17)15-23-11-13-25-14-12-23/h5-7,9-10,16,18-19,21H,4,8,11-15H2,1-3H3,(H,22,24)/t18-,19-/m0/s1. The summed E-state index contributed by atoms with van der Waals surface area (Å²) in [6.07, 6.45) is 1.83. The molecule has 5 nitrogen and oxygen atoms in total. The molecular weight excluding hydrogens is 314 g/mol. The number of benzene rings is 1. The van der Waals surface area contributed by atoms with Gasteiger partial charge in [0.2, 0.25) is 5.91 Å². The zero-order valence-electron chi connectivity index (χ0n) is 15.8. The van der Waals surface area contributed by atoms with Crippen LogP contribution in [-0.4, -0.2) is 55.7 Å². The monoisotopic (exact) mass is 347 g/mol.